The molecule has 8 heteroatoms. The molecule has 0 bridgehead atoms. The minimum absolute atomic E-state index is 0.126. The Bertz CT molecular complexity index is 970. The summed E-state index contributed by atoms with van der Waals surface area (Å²) >= 11 is 1.43. The summed E-state index contributed by atoms with van der Waals surface area (Å²) in [6.07, 6.45) is 1.02. The van der Waals surface area contributed by atoms with Crippen LogP contribution in [-0.4, -0.2) is 29.0 Å². The van der Waals surface area contributed by atoms with Crippen molar-refractivity contribution in [2.75, 3.05) is 18.4 Å². The van der Waals surface area contributed by atoms with E-state index in [1.54, 1.807) is 18.2 Å². The number of hydrogen-bond donors (Lipinski definition) is 2. The molecular formula is C18H15F2N5S. The summed E-state index contributed by atoms with van der Waals surface area (Å²) in [6, 6.07) is 9.24. The molecule has 0 saturated carbocycles. The lowest BCUT2D eigenvalue weighted by atomic mass is 10.1. The van der Waals surface area contributed by atoms with Gasteiger partial charge in [0.1, 0.15) is 5.69 Å². The number of benzene rings is 1. The van der Waals surface area contributed by atoms with Gasteiger partial charge in [0.2, 0.25) is 0 Å². The lowest BCUT2D eigenvalue weighted by molar-refractivity contribution is 0.511. The topological polar surface area (TPSA) is 62.2 Å². The normalized spacial score (nSPS) is 13.8. The molecule has 0 spiro atoms. The van der Waals surface area contributed by atoms with E-state index in [-0.39, 0.29) is 5.56 Å². The fourth-order valence-corrected chi connectivity index (χ4v) is 3.30. The van der Waals surface area contributed by atoms with Gasteiger partial charge in [-0.15, -0.1) is 11.3 Å². The second-order valence-electron chi connectivity index (χ2n) is 5.68. The lowest BCUT2D eigenvalue weighted by Gasteiger charge is -2.14. The van der Waals surface area contributed by atoms with Gasteiger partial charge in [-0.25, -0.2) is 18.7 Å². The minimum atomic E-state index is -0.904. The smallest absolute Gasteiger partial charge is 0.197 e. The molecule has 5 nitrogen and oxygen atoms in total. The second-order valence-corrected chi connectivity index (χ2v) is 6.54. The average molecular weight is 371 g/mol. The van der Waals surface area contributed by atoms with Gasteiger partial charge in [-0.3, -0.25) is 4.99 Å². The number of anilines is 1. The molecule has 0 amide bonds. The summed E-state index contributed by atoms with van der Waals surface area (Å²) in [5, 5.41) is 8.87. The average Bonchev–Trinajstić information content (AvgIpc) is 3.13. The van der Waals surface area contributed by atoms with Crippen molar-refractivity contribution in [3.05, 3.63) is 53.4 Å². The van der Waals surface area contributed by atoms with Gasteiger partial charge >= 0.3 is 0 Å². The zero-order valence-electron chi connectivity index (χ0n) is 13.7. The predicted molar refractivity (Wildman–Crippen MR) is 99.2 cm³/mol. The largest absolute Gasteiger partial charge is 0.356 e. The van der Waals surface area contributed by atoms with Crippen molar-refractivity contribution >= 4 is 22.4 Å². The Kier molecular flexibility index (Phi) is 4.57. The highest BCUT2D eigenvalue weighted by Gasteiger charge is 2.13. The van der Waals surface area contributed by atoms with Gasteiger partial charge in [0, 0.05) is 24.0 Å². The molecule has 0 radical (unpaired) electrons. The minimum Gasteiger partial charge on any atom is -0.356 e. The summed E-state index contributed by atoms with van der Waals surface area (Å²) in [7, 11) is 0. The maximum Gasteiger partial charge on any atom is 0.197 e. The summed E-state index contributed by atoms with van der Waals surface area (Å²) < 4.78 is 27.5. The van der Waals surface area contributed by atoms with Crippen LogP contribution >= 0.6 is 11.3 Å². The maximum absolute atomic E-state index is 14.0. The number of guanidine groups is 1. The van der Waals surface area contributed by atoms with Gasteiger partial charge in [0.25, 0.3) is 0 Å². The van der Waals surface area contributed by atoms with Crippen molar-refractivity contribution < 1.29 is 8.78 Å². The molecule has 0 saturated heterocycles. The Morgan fingerprint density at radius 2 is 1.85 bits per heavy atom. The highest BCUT2D eigenvalue weighted by molar-refractivity contribution is 7.14. The SMILES string of the molecule is Fc1cccc(-c2cccc(-c3csc(NC4=NCCCN4)n3)n2)c1F. The van der Waals surface area contributed by atoms with E-state index in [0.717, 1.165) is 25.6 Å². The van der Waals surface area contributed by atoms with Gasteiger partial charge < -0.3 is 10.6 Å². The fourth-order valence-electron chi connectivity index (χ4n) is 2.60. The summed E-state index contributed by atoms with van der Waals surface area (Å²) in [4.78, 5) is 13.3. The predicted octanol–water partition coefficient (Wildman–Crippen LogP) is 3.91. The van der Waals surface area contributed by atoms with Gasteiger partial charge in [0.05, 0.1) is 11.4 Å². The van der Waals surface area contributed by atoms with Crippen molar-refractivity contribution in [2.45, 2.75) is 6.42 Å². The maximum atomic E-state index is 14.0. The monoisotopic (exact) mass is 371 g/mol. The Morgan fingerprint density at radius 3 is 2.69 bits per heavy atom. The van der Waals surface area contributed by atoms with Crippen LogP contribution in [0.4, 0.5) is 13.9 Å². The van der Waals surface area contributed by atoms with E-state index < -0.39 is 11.6 Å². The first-order chi connectivity index (χ1) is 12.7. The molecule has 1 aliphatic rings. The van der Waals surface area contributed by atoms with Crippen LogP contribution < -0.4 is 10.6 Å². The first kappa shape index (κ1) is 16.6. The van der Waals surface area contributed by atoms with Crippen LogP contribution in [0.25, 0.3) is 22.6 Å². The van der Waals surface area contributed by atoms with E-state index in [4.69, 9.17) is 0 Å². The molecule has 3 heterocycles. The fraction of sp³-hybridized carbons (Fsp3) is 0.167. The molecule has 26 heavy (non-hydrogen) atoms. The first-order valence-corrected chi connectivity index (χ1v) is 9.01. The Morgan fingerprint density at radius 1 is 1.00 bits per heavy atom. The van der Waals surface area contributed by atoms with Crippen molar-refractivity contribution in [1.29, 1.82) is 0 Å². The summed E-state index contributed by atoms with van der Waals surface area (Å²) in [6.45, 7) is 1.67. The number of rotatable bonds is 3. The Hall–Kier alpha value is -2.87. The molecule has 0 fully saturated rings. The highest BCUT2D eigenvalue weighted by Crippen LogP contribution is 2.27. The summed E-state index contributed by atoms with van der Waals surface area (Å²) in [5.41, 5.74) is 1.74. The third kappa shape index (κ3) is 3.41. The molecule has 0 aliphatic carbocycles. The van der Waals surface area contributed by atoms with Crippen LogP contribution in [-0.2, 0) is 0 Å². The Labute approximate surface area is 152 Å². The summed E-state index contributed by atoms with van der Waals surface area (Å²) in [5.74, 6) is -1.09. The van der Waals surface area contributed by atoms with Gasteiger partial charge in [-0.05, 0) is 30.7 Å². The van der Waals surface area contributed by atoms with Crippen LogP contribution in [0, 0.1) is 11.6 Å². The molecule has 3 aromatic rings. The molecule has 1 aliphatic heterocycles. The van der Waals surface area contributed by atoms with Crippen LogP contribution in [0.2, 0.25) is 0 Å². The van der Waals surface area contributed by atoms with Crippen LogP contribution in [0.3, 0.4) is 0 Å². The third-order valence-electron chi connectivity index (χ3n) is 3.87. The first-order valence-electron chi connectivity index (χ1n) is 8.13. The molecule has 132 valence electrons. The van der Waals surface area contributed by atoms with E-state index >= 15 is 0 Å². The lowest BCUT2D eigenvalue weighted by Crippen LogP contribution is -2.35. The van der Waals surface area contributed by atoms with E-state index in [2.05, 4.69) is 25.6 Å². The van der Waals surface area contributed by atoms with Crippen LogP contribution in [0.15, 0.2) is 46.8 Å². The number of aromatic nitrogens is 2. The van der Waals surface area contributed by atoms with Crippen LogP contribution in [0.5, 0.6) is 0 Å². The van der Waals surface area contributed by atoms with Gasteiger partial charge in [-0.2, -0.15) is 0 Å². The number of nitrogens with one attached hydrogen (secondary N) is 2. The van der Waals surface area contributed by atoms with Crippen molar-refractivity contribution in [1.82, 2.24) is 15.3 Å². The Balaban J connectivity index is 1.61. The molecule has 1 aromatic carbocycles. The molecule has 4 rings (SSSR count). The highest BCUT2D eigenvalue weighted by atomic mass is 32.1. The van der Waals surface area contributed by atoms with Crippen molar-refractivity contribution in [2.24, 2.45) is 4.99 Å². The van der Waals surface area contributed by atoms with Crippen molar-refractivity contribution in [3.8, 4) is 22.6 Å². The zero-order valence-corrected chi connectivity index (χ0v) is 14.5. The number of hydrogen-bond acceptors (Lipinski definition) is 6. The van der Waals surface area contributed by atoms with E-state index in [0.29, 0.717) is 28.2 Å². The quantitative estimate of drug-likeness (QED) is 0.733. The van der Waals surface area contributed by atoms with Gasteiger partial charge in [-0.1, -0.05) is 12.1 Å². The standard InChI is InChI=1S/C18H15F2N5S/c19-12-5-1-4-11(16(12)20)13-6-2-7-14(23-13)15-10-26-18(24-15)25-17-21-8-3-9-22-17/h1-2,4-7,10H,3,8-9H2,(H2,21,22,24,25). The van der Waals surface area contributed by atoms with Crippen LogP contribution in [0.1, 0.15) is 6.42 Å². The number of aliphatic imine (C=N–C) groups is 1. The van der Waals surface area contributed by atoms with Gasteiger partial charge in [0.15, 0.2) is 22.7 Å². The molecule has 0 unspecified atom stereocenters. The number of pyridine rings is 1. The molecular weight excluding hydrogens is 356 g/mol. The van der Waals surface area contributed by atoms with E-state index in [1.165, 1.54) is 23.5 Å². The number of halogens is 2. The molecule has 2 N–H and O–H groups in total. The molecule has 0 atom stereocenters. The van der Waals surface area contributed by atoms with E-state index in [9.17, 15) is 8.78 Å². The molecule has 2 aromatic heterocycles. The second kappa shape index (κ2) is 7.17. The third-order valence-corrected chi connectivity index (χ3v) is 4.62. The zero-order chi connectivity index (χ0) is 17.9. The number of nitrogens with zero attached hydrogens (tertiary/aromatic N) is 3. The van der Waals surface area contributed by atoms with E-state index in [1.807, 2.05) is 5.38 Å². The van der Waals surface area contributed by atoms with Crippen molar-refractivity contribution in [3.63, 3.8) is 0 Å². The number of thiazole rings is 1.